The molecule has 0 radical (unpaired) electrons. The van der Waals surface area contributed by atoms with Gasteiger partial charge in [-0.1, -0.05) is 43.3 Å². The first-order chi connectivity index (χ1) is 17.5. The number of aryl methyl sites for hydroxylation is 1. The number of anilines is 2. The molecule has 0 saturated heterocycles. The van der Waals surface area contributed by atoms with Crippen molar-refractivity contribution in [2.24, 2.45) is 0 Å². The van der Waals surface area contributed by atoms with Crippen molar-refractivity contribution in [3.05, 3.63) is 89.3 Å². The van der Waals surface area contributed by atoms with Crippen molar-refractivity contribution in [2.45, 2.75) is 30.4 Å². The lowest BCUT2D eigenvalue weighted by atomic mass is 10.1. The van der Waals surface area contributed by atoms with Gasteiger partial charge in [0.1, 0.15) is 5.75 Å². The zero-order valence-corrected chi connectivity index (χ0v) is 21.9. The Balaban J connectivity index is 1.40. The predicted molar refractivity (Wildman–Crippen MR) is 148 cm³/mol. The van der Waals surface area contributed by atoms with Crippen LogP contribution in [0.4, 0.5) is 10.8 Å². The van der Waals surface area contributed by atoms with E-state index in [4.69, 9.17) is 4.74 Å². The molecule has 4 aromatic rings. The Bertz CT molecular complexity index is 1370. The summed E-state index contributed by atoms with van der Waals surface area (Å²) >= 11 is 2.85. The average molecular weight is 518 g/mol. The summed E-state index contributed by atoms with van der Waals surface area (Å²) in [5.41, 5.74) is 3.95. The smallest absolute Gasteiger partial charge is 0.255 e. The highest BCUT2D eigenvalue weighted by atomic mass is 32.2. The quantitative estimate of drug-likeness (QED) is 0.236. The van der Waals surface area contributed by atoms with Crippen LogP contribution in [0, 0.1) is 6.92 Å². The topological polar surface area (TPSA) is 80.3 Å². The number of benzene rings is 3. The van der Waals surface area contributed by atoms with Crippen LogP contribution in [0.3, 0.4) is 0 Å². The lowest BCUT2D eigenvalue weighted by Crippen LogP contribution is -2.24. The largest absolute Gasteiger partial charge is 0.497 e. The first-order valence-electron chi connectivity index (χ1n) is 11.5. The van der Waals surface area contributed by atoms with Gasteiger partial charge in [0.05, 0.1) is 18.1 Å². The van der Waals surface area contributed by atoms with Crippen molar-refractivity contribution in [3.8, 4) is 17.0 Å². The maximum absolute atomic E-state index is 13.0. The number of carbonyl (C=O) groups excluding carboxylic acids is 2. The molecule has 8 heteroatoms. The summed E-state index contributed by atoms with van der Waals surface area (Å²) in [4.78, 5) is 31.2. The van der Waals surface area contributed by atoms with E-state index in [-0.39, 0.29) is 17.1 Å². The van der Waals surface area contributed by atoms with Gasteiger partial charge in [-0.05, 0) is 55.3 Å². The molecule has 0 spiro atoms. The van der Waals surface area contributed by atoms with Crippen LogP contribution >= 0.6 is 23.1 Å². The molecule has 1 unspecified atom stereocenters. The fourth-order valence-corrected chi connectivity index (χ4v) is 5.33. The van der Waals surface area contributed by atoms with E-state index in [0.29, 0.717) is 22.8 Å². The van der Waals surface area contributed by atoms with Crippen molar-refractivity contribution in [3.63, 3.8) is 0 Å². The summed E-state index contributed by atoms with van der Waals surface area (Å²) in [5.74, 6) is 0.491. The van der Waals surface area contributed by atoms with E-state index in [1.165, 1.54) is 23.1 Å². The molecule has 0 aliphatic rings. The van der Waals surface area contributed by atoms with E-state index < -0.39 is 0 Å². The Kier molecular flexibility index (Phi) is 8.40. The molecule has 1 atom stereocenters. The van der Waals surface area contributed by atoms with Crippen molar-refractivity contribution < 1.29 is 14.3 Å². The van der Waals surface area contributed by atoms with Crippen LogP contribution < -0.4 is 15.4 Å². The number of thiazole rings is 1. The van der Waals surface area contributed by atoms with Crippen molar-refractivity contribution >= 4 is 45.7 Å². The van der Waals surface area contributed by atoms with E-state index in [9.17, 15) is 9.59 Å². The summed E-state index contributed by atoms with van der Waals surface area (Å²) in [7, 11) is 1.63. The minimum atomic E-state index is -0.309. The van der Waals surface area contributed by atoms with Crippen LogP contribution in [-0.2, 0) is 4.79 Å². The minimum absolute atomic E-state index is 0.108. The third-order valence-electron chi connectivity index (χ3n) is 5.52. The van der Waals surface area contributed by atoms with Crippen molar-refractivity contribution in [1.29, 1.82) is 0 Å². The summed E-state index contributed by atoms with van der Waals surface area (Å²) in [6, 6.07) is 22.7. The van der Waals surface area contributed by atoms with Crippen molar-refractivity contribution in [2.75, 3.05) is 17.7 Å². The van der Waals surface area contributed by atoms with Gasteiger partial charge < -0.3 is 15.4 Å². The fraction of sp³-hybridized carbons (Fsp3) is 0.179. The maximum Gasteiger partial charge on any atom is 0.255 e. The first-order valence-corrected chi connectivity index (χ1v) is 13.3. The molecule has 6 nitrogen and oxygen atoms in total. The van der Waals surface area contributed by atoms with E-state index in [2.05, 4.69) is 15.6 Å². The Morgan fingerprint density at radius 3 is 2.61 bits per heavy atom. The molecule has 0 aliphatic carbocycles. The van der Waals surface area contributed by atoms with Gasteiger partial charge in [-0.15, -0.1) is 23.1 Å². The Morgan fingerprint density at radius 2 is 1.83 bits per heavy atom. The number of amides is 2. The molecule has 2 N–H and O–H groups in total. The molecule has 1 aromatic heterocycles. The van der Waals surface area contributed by atoms with Crippen LogP contribution in [-0.4, -0.2) is 29.2 Å². The Hall–Kier alpha value is -3.62. The number of carbonyl (C=O) groups is 2. The van der Waals surface area contributed by atoms with Gasteiger partial charge in [-0.2, -0.15) is 0 Å². The minimum Gasteiger partial charge on any atom is -0.497 e. The number of aromatic nitrogens is 1. The highest BCUT2D eigenvalue weighted by Gasteiger charge is 2.20. The van der Waals surface area contributed by atoms with Crippen LogP contribution in [0.15, 0.2) is 83.1 Å². The van der Waals surface area contributed by atoms with E-state index in [1.54, 1.807) is 13.2 Å². The molecular formula is C28H27N3O3S2. The molecule has 0 bridgehead atoms. The van der Waals surface area contributed by atoms with Crippen LogP contribution in [0.1, 0.15) is 29.3 Å². The molecule has 4 rings (SSSR count). The molecule has 0 fully saturated rings. The second kappa shape index (κ2) is 11.9. The van der Waals surface area contributed by atoms with Crippen LogP contribution in [0.25, 0.3) is 11.3 Å². The van der Waals surface area contributed by atoms with Gasteiger partial charge in [0, 0.05) is 27.1 Å². The third kappa shape index (κ3) is 6.33. The van der Waals surface area contributed by atoms with Gasteiger partial charge >= 0.3 is 0 Å². The van der Waals surface area contributed by atoms with Gasteiger partial charge in [-0.3, -0.25) is 9.59 Å². The molecule has 0 aliphatic heterocycles. The van der Waals surface area contributed by atoms with Crippen molar-refractivity contribution in [1.82, 2.24) is 4.98 Å². The normalized spacial score (nSPS) is 11.5. The van der Waals surface area contributed by atoms with Gasteiger partial charge in [0.2, 0.25) is 5.91 Å². The molecule has 3 aromatic carbocycles. The summed E-state index contributed by atoms with van der Waals surface area (Å²) in [5, 5.41) is 8.07. The number of hydrogen-bond acceptors (Lipinski definition) is 6. The number of nitrogens with zero attached hydrogens (tertiary/aromatic N) is 1. The number of hydrogen-bond donors (Lipinski definition) is 2. The highest BCUT2D eigenvalue weighted by molar-refractivity contribution is 8.00. The zero-order valence-electron chi connectivity index (χ0n) is 20.3. The second-order valence-electron chi connectivity index (χ2n) is 8.07. The summed E-state index contributed by atoms with van der Waals surface area (Å²) < 4.78 is 5.29. The van der Waals surface area contributed by atoms with E-state index >= 15 is 0 Å². The van der Waals surface area contributed by atoms with Gasteiger partial charge in [0.15, 0.2) is 5.13 Å². The molecule has 1 heterocycles. The zero-order chi connectivity index (χ0) is 25.5. The summed E-state index contributed by atoms with van der Waals surface area (Å²) in [6.45, 7) is 3.89. The number of ether oxygens (including phenoxy) is 1. The number of rotatable bonds is 9. The first kappa shape index (κ1) is 25.5. The number of methoxy groups -OCH3 is 1. The maximum atomic E-state index is 13.0. The Labute approximate surface area is 219 Å². The lowest BCUT2D eigenvalue weighted by Gasteiger charge is -2.14. The molecule has 184 valence electrons. The lowest BCUT2D eigenvalue weighted by molar-refractivity contribution is -0.115. The van der Waals surface area contributed by atoms with Crippen LogP contribution in [0.2, 0.25) is 0 Å². The fourth-order valence-electron chi connectivity index (χ4n) is 3.59. The van der Waals surface area contributed by atoms with E-state index in [1.807, 2.05) is 86.0 Å². The molecular weight excluding hydrogens is 490 g/mol. The monoisotopic (exact) mass is 517 g/mol. The second-order valence-corrected chi connectivity index (χ2v) is 10.2. The number of thioether (sulfide) groups is 1. The highest BCUT2D eigenvalue weighted by Crippen LogP contribution is 2.31. The average Bonchev–Trinajstić information content (AvgIpc) is 3.36. The molecule has 0 saturated carbocycles. The predicted octanol–water partition coefficient (Wildman–Crippen LogP) is 6.89. The third-order valence-corrected chi connectivity index (χ3v) is 7.64. The number of nitrogens with one attached hydrogen (secondary N) is 2. The SMILES string of the molecule is CCC(Sc1cccc(NC(=O)c2ccccc2C)c1)C(=O)Nc1nc(-c2cccc(OC)c2)cs1. The van der Waals surface area contributed by atoms with E-state index in [0.717, 1.165) is 27.5 Å². The van der Waals surface area contributed by atoms with Gasteiger partial charge in [0.25, 0.3) is 5.91 Å². The Morgan fingerprint density at radius 1 is 1.03 bits per heavy atom. The van der Waals surface area contributed by atoms with Gasteiger partial charge in [-0.25, -0.2) is 4.98 Å². The standard InChI is InChI=1S/C28H27N3O3S2/c1-4-25(27(33)31-28-30-24(17-35-28)19-10-7-12-21(15-19)34-3)36-22-13-8-11-20(16-22)29-26(32)23-14-6-5-9-18(23)2/h5-17,25H,4H2,1-3H3,(H,29,32)(H,30,31,33). The summed E-state index contributed by atoms with van der Waals surface area (Å²) in [6.07, 6.45) is 0.643. The van der Waals surface area contributed by atoms with Crippen LogP contribution in [0.5, 0.6) is 5.75 Å². The molecule has 36 heavy (non-hydrogen) atoms. The molecule has 2 amide bonds.